The molecule has 0 saturated carbocycles. The third kappa shape index (κ3) is 3.51. The number of rotatable bonds is 3. The Morgan fingerprint density at radius 3 is 2.09 bits per heavy atom. The predicted molar refractivity (Wildman–Crippen MR) is 90.0 cm³/mol. The molecule has 2 amide bonds. The number of amides is 2. The molecule has 23 heavy (non-hydrogen) atoms. The molecule has 0 aromatic heterocycles. The first kappa shape index (κ1) is 16.5. The second kappa shape index (κ2) is 6.52. The number of aryl methyl sites for hydroxylation is 1. The molecule has 0 aliphatic carbocycles. The van der Waals surface area contributed by atoms with Crippen molar-refractivity contribution in [2.75, 3.05) is 26.0 Å². The SMILES string of the molecule is Cc1cc(N(C)C(=O)c2cccc(C(=O)N(C)C)c2)ccc1O. The number of carbonyl (C=O) groups excluding carboxylic acids is 2. The molecular weight excluding hydrogens is 292 g/mol. The fourth-order valence-corrected chi connectivity index (χ4v) is 2.20. The standard InChI is InChI=1S/C18H20N2O3/c1-12-10-15(8-9-16(12)21)20(4)18(23)14-7-5-6-13(11-14)17(22)19(2)3/h5-11,21H,1-4H3. The van der Waals surface area contributed by atoms with E-state index in [0.717, 1.165) is 0 Å². The number of anilines is 1. The summed E-state index contributed by atoms with van der Waals surface area (Å²) in [5.41, 5.74) is 2.27. The van der Waals surface area contributed by atoms with Crippen molar-refractivity contribution in [3.63, 3.8) is 0 Å². The second-order valence-electron chi connectivity index (χ2n) is 5.62. The molecule has 0 spiro atoms. The number of hydrogen-bond acceptors (Lipinski definition) is 3. The van der Waals surface area contributed by atoms with Crippen molar-refractivity contribution in [3.05, 3.63) is 59.2 Å². The lowest BCUT2D eigenvalue weighted by Crippen LogP contribution is -2.27. The maximum Gasteiger partial charge on any atom is 0.258 e. The average Bonchev–Trinajstić information content (AvgIpc) is 2.55. The normalized spacial score (nSPS) is 10.3. The van der Waals surface area contributed by atoms with Crippen molar-refractivity contribution in [1.82, 2.24) is 4.90 Å². The summed E-state index contributed by atoms with van der Waals surface area (Å²) in [6.07, 6.45) is 0. The van der Waals surface area contributed by atoms with E-state index in [4.69, 9.17) is 0 Å². The fraction of sp³-hybridized carbons (Fsp3) is 0.222. The first-order valence-electron chi connectivity index (χ1n) is 7.20. The summed E-state index contributed by atoms with van der Waals surface area (Å²) in [6.45, 7) is 1.77. The van der Waals surface area contributed by atoms with Gasteiger partial charge in [-0.05, 0) is 48.9 Å². The minimum Gasteiger partial charge on any atom is -0.508 e. The molecule has 2 aromatic rings. The summed E-state index contributed by atoms with van der Waals surface area (Å²) in [5.74, 6) is -0.181. The molecule has 0 heterocycles. The van der Waals surface area contributed by atoms with E-state index < -0.39 is 0 Å². The number of phenols is 1. The van der Waals surface area contributed by atoms with Crippen LogP contribution in [0, 0.1) is 6.92 Å². The van der Waals surface area contributed by atoms with Crippen LogP contribution in [0.2, 0.25) is 0 Å². The second-order valence-corrected chi connectivity index (χ2v) is 5.62. The van der Waals surface area contributed by atoms with E-state index in [1.54, 1.807) is 70.5 Å². The molecule has 0 aliphatic heterocycles. The molecule has 0 bridgehead atoms. The van der Waals surface area contributed by atoms with Gasteiger partial charge in [0.05, 0.1) is 0 Å². The van der Waals surface area contributed by atoms with Crippen LogP contribution in [-0.2, 0) is 0 Å². The minimum absolute atomic E-state index is 0.150. The highest BCUT2D eigenvalue weighted by Gasteiger charge is 2.16. The van der Waals surface area contributed by atoms with Gasteiger partial charge in [-0.2, -0.15) is 0 Å². The van der Waals surface area contributed by atoms with Crippen LogP contribution in [0.15, 0.2) is 42.5 Å². The van der Waals surface area contributed by atoms with Crippen molar-refractivity contribution in [2.24, 2.45) is 0 Å². The van der Waals surface area contributed by atoms with Gasteiger partial charge < -0.3 is 14.9 Å². The zero-order valence-corrected chi connectivity index (χ0v) is 13.7. The molecule has 0 atom stereocenters. The van der Waals surface area contributed by atoms with Crippen LogP contribution in [0.3, 0.4) is 0 Å². The molecule has 0 fully saturated rings. The van der Waals surface area contributed by atoms with Gasteiger partial charge in [0.2, 0.25) is 0 Å². The smallest absolute Gasteiger partial charge is 0.258 e. The largest absolute Gasteiger partial charge is 0.508 e. The van der Waals surface area contributed by atoms with Crippen molar-refractivity contribution in [2.45, 2.75) is 6.92 Å². The Morgan fingerprint density at radius 1 is 0.913 bits per heavy atom. The predicted octanol–water partition coefficient (Wildman–Crippen LogP) is 2.68. The Balaban J connectivity index is 2.31. The van der Waals surface area contributed by atoms with Gasteiger partial charge in [-0.15, -0.1) is 0 Å². The Hall–Kier alpha value is -2.82. The van der Waals surface area contributed by atoms with Crippen molar-refractivity contribution in [3.8, 4) is 5.75 Å². The van der Waals surface area contributed by atoms with Crippen LogP contribution in [0.25, 0.3) is 0 Å². The third-order valence-corrected chi connectivity index (χ3v) is 3.63. The van der Waals surface area contributed by atoms with Gasteiger partial charge in [-0.3, -0.25) is 9.59 Å². The molecule has 120 valence electrons. The van der Waals surface area contributed by atoms with Crippen molar-refractivity contribution >= 4 is 17.5 Å². The Morgan fingerprint density at radius 2 is 1.52 bits per heavy atom. The lowest BCUT2D eigenvalue weighted by Gasteiger charge is -2.19. The lowest BCUT2D eigenvalue weighted by atomic mass is 10.1. The molecule has 5 heteroatoms. The highest BCUT2D eigenvalue weighted by Crippen LogP contribution is 2.23. The van der Waals surface area contributed by atoms with E-state index in [9.17, 15) is 14.7 Å². The molecule has 2 rings (SSSR count). The number of aromatic hydroxyl groups is 1. The molecule has 0 unspecified atom stereocenters. The molecule has 0 aliphatic rings. The van der Waals surface area contributed by atoms with E-state index in [1.807, 2.05) is 0 Å². The zero-order chi connectivity index (χ0) is 17.1. The van der Waals surface area contributed by atoms with Crippen LogP contribution in [0.5, 0.6) is 5.75 Å². The maximum atomic E-state index is 12.6. The van der Waals surface area contributed by atoms with Crippen LogP contribution in [0.1, 0.15) is 26.3 Å². The van der Waals surface area contributed by atoms with Gasteiger partial charge in [0.1, 0.15) is 5.75 Å². The number of hydrogen-bond donors (Lipinski definition) is 1. The first-order chi connectivity index (χ1) is 10.8. The third-order valence-electron chi connectivity index (χ3n) is 3.63. The summed E-state index contributed by atoms with van der Waals surface area (Å²) >= 11 is 0. The summed E-state index contributed by atoms with van der Waals surface area (Å²) in [5, 5.41) is 9.58. The Kier molecular flexibility index (Phi) is 4.69. The molecule has 5 nitrogen and oxygen atoms in total. The highest BCUT2D eigenvalue weighted by molar-refractivity contribution is 6.07. The van der Waals surface area contributed by atoms with Crippen LogP contribution in [0.4, 0.5) is 5.69 Å². The fourth-order valence-electron chi connectivity index (χ4n) is 2.20. The maximum absolute atomic E-state index is 12.6. The number of phenolic OH excluding ortho intramolecular Hbond substituents is 1. The molecular formula is C18H20N2O3. The number of nitrogens with zero attached hydrogens (tertiary/aromatic N) is 2. The quantitative estimate of drug-likeness (QED) is 0.948. The number of carbonyl (C=O) groups is 2. The van der Waals surface area contributed by atoms with E-state index in [-0.39, 0.29) is 17.6 Å². The van der Waals surface area contributed by atoms with E-state index in [0.29, 0.717) is 22.4 Å². The Labute approximate surface area is 135 Å². The van der Waals surface area contributed by atoms with Gasteiger partial charge in [0.25, 0.3) is 11.8 Å². The van der Waals surface area contributed by atoms with Crippen molar-refractivity contribution in [1.29, 1.82) is 0 Å². The molecule has 0 radical (unpaired) electrons. The average molecular weight is 312 g/mol. The summed E-state index contributed by atoms with van der Waals surface area (Å²) < 4.78 is 0. The summed E-state index contributed by atoms with van der Waals surface area (Å²) in [6, 6.07) is 11.6. The summed E-state index contributed by atoms with van der Waals surface area (Å²) in [4.78, 5) is 27.6. The molecule has 0 saturated heterocycles. The number of benzene rings is 2. The first-order valence-corrected chi connectivity index (χ1v) is 7.20. The Bertz CT molecular complexity index is 754. The van der Waals surface area contributed by atoms with E-state index >= 15 is 0 Å². The van der Waals surface area contributed by atoms with Gasteiger partial charge in [-0.1, -0.05) is 6.07 Å². The van der Waals surface area contributed by atoms with Gasteiger partial charge in [-0.25, -0.2) is 0 Å². The van der Waals surface area contributed by atoms with Crippen LogP contribution in [-0.4, -0.2) is 43.0 Å². The van der Waals surface area contributed by atoms with Crippen LogP contribution < -0.4 is 4.90 Å². The zero-order valence-electron chi connectivity index (χ0n) is 13.7. The molecule has 1 N–H and O–H groups in total. The van der Waals surface area contributed by atoms with Gasteiger partial charge in [0, 0.05) is 38.0 Å². The topological polar surface area (TPSA) is 60.9 Å². The monoisotopic (exact) mass is 312 g/mol. The molecule has 2 aromatic carbocycles. The summed E-state index contributed by atoms with van der Waals surface area (Å²) in [7, 11) is 5.00. The highest BCUT2D eigenvalue weighted by atomic mass is 16.3. The van der Waals surface area contributed by atoms with Gasteiger partial charge in [0.15, 0.2) is 0 Å². The lowest BCUT2D eigenvalue weighted by molar-refractivity contribution is 0.0827. The minimum atomic E-state index is -0.219. The van der Waals surface area contributed by atoms with Crippen LogP contribution >= 0.6 is 0 Å². The van der Waals surface area contributed by atoms with E-state index in [2.05, 4.69) is 0 Å². The van der Waals surface area contributed by atoms with Gasteiger partial charge >= 0.3 is 0 Å². The van der Waals surface area contributed by atoms with Crippen molar-refractivity contribution < 1.29 is 14.7 Å². The van der Waals surface area contributed by atoms with E-state index in [1.165, 1.54) is 9.80 Å².